The molecule has 1 amide bonds. The Labute approximate surface area is 198 Å². The molecule has 1 fully saturated rings. The van der Waals surface area contributed by atoms with Gasteiger partial charge in [0.15, 0.2) is 0 Å². The number of nitrogens with zero attached hydrogens (tertiary/aromatic N) is 1. The van der Waals surface area contributed by atoms with Crippen LogP contribution in [0.1, 0.15) is 52.9 Å². The zero-order valence-corrected chi connectivity index (χ0v) is 21.1. The molecule has 0 aromatic heterocycles. The minimum Gasteiger partial charge on any atom is -0.444 e. The summed E-state index contributed by atoms with van der Waals surface area (Å²) in [5.41, 5.74) is -6.28. The number of halogens is 3. The van der Waals surface area contributed by atoms with E-state index in [4.69, 9.17) is 9.47 Å². The number of alkyl halides is 3. The van der Waals surface area contributed by atoms with Crippen molar-refractivity contribution in [2.45, 2.75) is 82.2 Å². The molecule has 34 heavy (non-hydrogen) atoms. The summed E-state index contributed by atoms with van der Waals surface area (Å²) >= 11 is 0. The van der Waals surface area contributed by atoms with E-state index in [9.17, 15) is 34.8 Å². The second kappa shape index (κ2) is 10.6. The number of amides is 1. The summed E-state index contributed by atoms with van der Waals surface area (Å²) in [5, 5.41) is 0. The number of hydrogen-bond donors (Lipinski definition) is 1. The molecule has 1 N–H and O–H groups in total. The van der Waals surface area contributed by atoms with Crippen molar-refractivity contribution in [2.24, 2.45) is 0 Å². The fraction of sp³-hybridized carbons (Fsp3) is 0.842. The molecule has 0 aromatic rings. The molecule has 2 aliphatic rings. The summed E-state index contributed by atoms with van der Waals surface area (Å²) in [6.07, 6.45) is 2.33. The average Bonchev–Trinajstić information content (AvgIpc) is 2.64. The molecule has 0 spiro atoms. The first-order chi connectivity index (χ1) is 15.4. The summed E-state index contributed by atoms with van der Waals surface area (Å²) in [7, 11) is -9.31. The van der Waals surface area contributed by atoms with Gasteiger partial charge in [0.1, 0.15) is 11.4 Å². The maximum Gasteiger partial charge on any atom is 0.534 e. The van der Waals surface area contributed by atoms with Gasteiger partial charge in [0.05, 0.1) is 25.0 Å². The lowest BCUT2D eigenvalue weighted by molar-refractivity contribution is -0.0530. The Morgan fingerprint density at radius 3 is 2.32 bits per heavy atom. The Kier molecular flexibility index (Phi) is 8.92. The SMILES string of the molecule is CC(C)(C)OC(=O)N1CCCC(NS(C)(=O)=O)C1CO[C@H]1CC=C(OS(=O)(=O)C(F)(F)F)CC1. The Morgan fingerprint density at radius 1 is 1.18 bits per heavy atom. The number of hydrogen-bond acceptors (Lipinski definition) is 8. The molecule has 1 heterocycles. The van der Waals surface area contributed by atoms with E-state index in [0.717, 1.165) is 6.26 Å². The smallest absolute Gasteiger partial charge is 0.444 e. The van der Waals surface area contributed by atoms with Gasteiger partial charge in [0.25, 0.3) is 0 Å². The first-order valence-electron chi connectivity index (χ1n) is 10.7. The van der Waals surface area contributed by atoms with Crippen molar-refractivity contribution in [1.29, 1.82) is 0 Å². The number of allylic oxidation sites excluding steroid dienone is 1. The molecule has 0 radical (unpaired) electrons. The first kappa shape index (κ1) is 28.7. The number of likely N-dealkylation sites (tertiary alicyclic amines) is 1. The molecule has 15 heteroatoms. The summed E-state index contributed by atoms with van der Waals surface area (Å²) in [6, 6.07) is -1.29. The number of sulfonamides is 1. The Hall–Kier alpha value is -1.58. The van der Waals surface area contributed by atoms with Gasteiger partial charge in [-0.05, 0) is 52.5 Å². The summed E-state index contributed by atoms with van der Waals surface area (Å²) in [6.45, 7) is 5.41. The van der Waals surface area contributed by atoms with Gasteiger partial charge in [-0.1, -0.05) is 0 Å². The minimum atomic E-state index is -5.73. The second-order valence-corrected chi connectivity index (χ2v) is 12.6. The average molecular weight is 537 g/mol. The molecule has 0 bridgehead atoms. The molecule has 2 rings (SSSR count). The molecular weight excluding hydrogens is 505 g/mol. The van der Waals surface area contributed by atoms with Crippen molar-refractivity contribution >= 4 is 26.2 Å². The third kappa shape index (κ3) is 8.57. The van der Waals surface area contributed by atoms with Crippen LogP contribution in [0.4, 0.5) is 18.0 Å². The van der Waals surface area contributed by atoms with Crippen LogP contribution in [0.25, 0.3) is 0 Å². The quantitative estimate of drug-likeness (QED) is 0.389. The van der Waals surface area contributed by atoms with Crippen LogP contribution in [0.5, 0.6) is 0 Å². The van der Waals surface area contributed by atoms with Gasteiger partial charge in [-0.15, -0.1) is 0 Å². The zero-order chi connectivity index (χ0) is 25.9. The van der Waals surface area contributed by atoms with E-state index >= 15 is 0 Å². The van der Waals surface area contributed by atoms with Crippen molar-refractivity contribution in [2.75, 3.05) is 19.4 Å². The van der Waals surface area contributed by atoms with Crippen LogP contribution in [0.15, 0.2) is 11.8 Å². The fourth-order valence-electron chi connectivity index (χ4n) is 3.66. The van der Waals surface area contributed by atoms with Crippen molar-refractivity contribution in [3.8, 4) is 0 Å². The van der Waals surface area contributed by atoms with E-state index in [0.29, 0.717) is 19.4 Å². The van der Waals surface area contributed by atoms with Gasteiger partial charge in [0.2, 0.25) is 10.0 Å². The van der Waals surface area contributed by atoms with E-state index < -0.39 is 55.5 Å². The lowest BCUT2D eigenvalue weighted by atomic mass is 9.97. The lowest BCUT2D eigenvalue weighted by Crippen LogP contribution is -2.59. The molecule has 2 unspecified atom stereocenters. The number of ether oxygens (including phenoxy) is 2. The predicted molar refractivity (Wildman–Crippen MR) is 115 cm³/mol. The summed E-state index contributed by atoms with van der Waals surface area (Å²) in [4.78, 5) is 14.2. The predicted octanol–water partition coefficient (Wildman–Crippen LogP) is 2.62. The van der Waals surface area contributed by atoms with Crippen LogP contribution in [-0.4, -0.2) is 76.5 Å². The maximum atomic E-state index is 12.7. The highest BCUT2D eigenvalue weighted by atomic mass is 32.2. The Morgan fingerprint density at radius 2 is 1.82 bits per heavy atom. The fourth-order valence-corrected chi connectivity index (χ4v) is 5.01. The van der Waals surface area contributed by atoms with E-state index in [-0.39, 0.29) is 31.6 Å². The van der Waals surface area contributed by atoms with Crippen LogP contribution in [0, 0.1) is 0 Å². The lowest BCUT2D eigenvalue weighted by Gasteiger charge is -2.42. The van der Waals surface area contributed by atoms with Crippen molar-refractivity contribution in [3.63, 3.8) is 0 Å². The highest BCUT2D eigenvalue weighted by molar-refractivity contribution is 7.88. The zero-order valence-electron chi connectivity index (χ0n) is 19.4. The number of carbonyl (C=O) groups excluding carboxylic acids is 1. The Bertz CT molecular complexity index is 974. The van der Waals surface area contributed by atoms with E-state index in [2.05, 4.69) is 8.91 Å². The molecule has 0 saturated carbocycles. The number of piperidine rings is 1. The van der Waals surface area contributed by atoms with Crippen LogP contribution in [-0.2, 0) is 33.8 Å². The van der Waals surface area contributed by atoms with Crippen LogP contribution in [0.3, 0.4) is 0 Å². The molecular formula is C19H31F3N2O8S2. The van der Waals surface area contributed by atoms with Crippen LogP contribution in [0.2, 0.25) is 0 Å². The molecule has 1 aliphatic carbocycles. The number of rotatable bonds is 7. The third-order valence-electron chi connectivity index (χ3n) is 5.10. The van der Waals surface area contributed by atoms with E-state index in [1.54, 1.807) is 20.8 Å². The standard InChI is InChI=1S/C19H31F3N2O8S2/c1-18(2,3)31-17(25)24-11-5-6-15(23-33(4,26)27)16(24)12-30-13-7-9-14(10-8-13)32-34(28,29)19(20,21)22/h9,13,15-16,23H,5-8,10-12H2,1-4H3/t13-,15?,16?/m0/s1. The third-order valence-corrected chi connectivity index (χ3v) is 6.83. The monoisotopic (exact) mass is 536 g/mol. The molecule has 3 atom stereocenters. The van der Waals surface area contributed by atoms with Gasteiger partial charge in [-0.3, -0.25) is 0 Å². The number of nitrogens with one attached hydrogen (secondary N) is 1. The summed E-state index contributed by atoms with van der Waals surface area (Å²) in [5.74, 6) is -0.318. The normalized spacial score (nSPS) is 25.0. The van der Waals surface area contributed by atoms with E-state index in [1.165, 1.54) is 11.0 Å². The second-order valence-electron chi connectivity index (χ2n) is 9.26. The first-order valence-corrected chi connectivity index (χ1v) is 14.0. The Balaban J connectivity index is 2.08. The van der Waals surface area contributed by atoms with Crippen molar-refractivity contribution < 1.29 is 48.5 Å². The van der Waals surface area contributed by atoms with Crippen molar-refractivity contribution in [1.82, 2.24) is 9.62 Å². The van der Waals surface area contributed by atoms with E-state index in [1.807, 2.05) is 0 Å². The number of carbonyl (C=O) groups is 1. The van der Waals surface area contributed by atoms with Gasteiger partial charge in [0, 0.05) is 19.0 Å². The topological polar surface area (TPSA) is 128 Å². The maximum absolute atomic E-state index is 12.7. The van der Waals surface area contributed by atoms with Gasteiger partial charge < -0.3 is 18.6 Å². The van der Waals surface area contributed by atoms with Gasteiger partial charge in [-0.2, -0.15) is 21.6 Å². The largest absolute Gasteiger partial charge is 0.534 e. The van der Waals surface area contributed by atoms with Gasteiger partial charge in [-0.25, -0.2) is 17.9 Å². The molecule has 198 valence electrons. The summed E-state index contributed by atoms with van der Waals surface area (Å²) < 4.78 is 101. The van der Waals surface area contributed by atoms with Crippen LogP contribution >= 0.6 is 0 Å². The highest BCUT2D eigenvalue weighted by Gasteiger charge is 2.49. The molecule has 0 aromatic carbocycles. The highest BCUT2D eigenvalue weighted by Crippen LogP contribution is 2.31. The molecule has 10 nitrogen and oxygen atoms in total. The van der Waals surface area contributed by atoms with Crippen LogP contribution < -0.4 is 4.72 Å². The van der Waals surface area contributed by atoms with Gasteiger partial charge >= 0.3 is 21.7 Å². The minimum absolute atomic E-state index is 0.0536. The van der Waals surface area contributed by atoms with Crippen molar-refractivity contribution in [3.05, 3.63) is 11.8 Å². The molecule has 1 saturated heterocycles. The molecule has 1 aliphatic heterocycles.